The van der Waals surface area contributed by atoms with Gasteiger partial charge in [-0.1, -0.05) is 90.1 Å². The molecule has 0 fully saturated rings. The molecule has 0 amide bonds. The minimum atomic E-state index is 0. The van der Waals surface area contributed by atoms with Crippen molar-refractivity contribution in [3.05, 3.63) is 144 Å². The van der Waals surface area contributed by atoms with Gasteiger partial charge in [-0.2, -0.15) is 0 Å². The zero-order valence-electron chi connectivity index (χ0n) is 27.2. The first-order chi connectivity index (χ1) is 21.0. The fourth-order valence-electron chi connectivity index (χ4n) is 6.87. The van der Waals surface area contributed by atoms with Crippen molar-refractivity contribution in [1.29, 1.82) is 0 Å². The third-order valence-corrected chi connectivity index (χ3v) is 10.5. The number of fused-ring (bicyclic) bond motifs is 2. The summed E-state index contributed by atoms with van der Waals surface area (Å²) in [7, 11) is 0. The second kappa shape index (κ2) is 12.5. The third-order valence-electron chi connectivity index (χ3n) is 10.5. The van der Waals surface area contributed by atoms with E-state index in [0.29, 0.717) is 0 Å². The van der Waals surface area contributed by atoms with Gasteiger partial charge >= 0.3 is 0 Å². The van der Waals surface area contributed by atoms with Gasteiger partial charge in [0.15, 0.2) is 0 Å². The first kappa shape index (κ1) is 32.5. The van der Waals surface area contributed by atoms with E-state index in [1.54, 1.807) is 6.20 Å². The summed E-state index contributed by atoms with van der Waals surface area (Å²) in [6, 6.07) is 43.7. The molecule has 0 atom stereocenters. The molecule has 0 bridgehead atoms. The Morgan fingerprint density at radius 1 is 0.644 bits per heavy atom. The Labute approximate surface area is 282 Å². The van der Waals surface area contributed by atoms with Crippen molar-refractivity contribution >= 4 is 10.9 Å². The first-order valence-electron chi connectivity index (χ1n) is 15.4. The molecule has 2 heterocycles. The van der Waals surface area contributed by atoms with Crippen LogP contribution in [0.3, 0.4) is 0 Å². The average molecular weight is 765 g/mol. The van der Waals surface area contributed by atoms with Gasteiger partial charge in [-0.15, -0.1) is 71.8 Å². The largest absolute Gasteiger partial charge is 0.305 e. The first-order valence-corrected chi connectivity index (χ1v) is 15.4. The van der Waals surface area contributed by atoms with E-state index < -0.39 is 0 Å². The van der Waals surface area contributed by atoms with Crippen LogP contribution in [0.5, 0.6) is 0 Å². The Morgan fingerprint density at radius 2 is 1.27 bits per heavy atom. The van der Waals surface area contributed by atoms with E-state index in [2.05, 4.69) is 120 Å². The molecule has 1 aliphatic carbocycles. The molecule has 0 N–H and O–H groups in total. The Hall–Kier alpha value is -3.91. The van der Waals surface area contributed by atoms with Crippen molar-refractivity contribution in [3.63, 3.8) is 0 Å². The van der Waals surface area contributed by atoms with E-state index in [1.165, 1.54) is 27.6 Å². The maximum Gasteiger partial charge on any atom is 0.0601 e. The standard InChI is InChI=1S/C31H32N.C11H8N.Ir/c1-20-23-18-24(21-14-10-8-11-15-21)28(22-16-12-9-13-17-22)32-26(23)19-25-27(20)30(4,5)31(6,7)29(25,2)3;1-2-6-10(7-3-1)11-8-4-5-9-12-11;/h8-16,18-19H,1-7H3;1-6,8-9H;/q2*-1;. The minimum Gasteiger partial charge on any atom is -0.305 e. The van der Waals surface area contributed by atoms with Gasteiger partial charge in [0.05, 0.1) is 5.52 Å². The number of aryl methyl sites for hydroxylation is 1. The van der Waals surface area contributed by atoms with Gasteiger partial charge in [0.1, 0.15) is 0 Å². The number of rotatable bonds is 3. The summed E-state index contributed by atoms with van der Waals surface area (Å²) < 4.78 is 0. The number of hydrogen-bond acceptors (Lipinski definition) is 2. The summed E-state index contributed by atoms with van der Waals surface area (Å²) in [5, 5.41) is 1.25. The van der Waals surface area contributed by atoms with Crippen LogP contribution in [-0.2, 0) is 30.9 Å². The van der Waals surface area contributed by atoms with E-state index in [9.17, 15) is 0 Å². The van der Waals surface area contributed by atoms with Crippen LogP contribution >= 0.6 is 0 Å². The molecule has 45 heavy (non-hydrogen) atoms. The van der Waals surface area contributed by atoms with Gasteiger partial charge in [-0.05, 0) is 74.5 Å². The van der Waals surface area contributed by atoms with Gasteiger partial charge in [0.25, 0.3) is 0 Å². The normalized spacial score (nSPS) is 15.4. The maximum atomic E-state index is 5.29. The third kappa shape index (κ3) is 5.58. The number of aromatic nitrogens is 2. The second-order valence-electron chi connectivity index (χ2n) is 13.4. The summed E-state index contributed by atoms with van der Waals surface area (Å²) in [4.78, 5) is 9.51. The molecule has 0 aliphatic heterocycles. The molecular weight excluding hydrogens is 725 g/mol. The number of hydrogen-bond donors (Lipinski definition) is 0. The van der Waals surface area contributed by atoms with E-state index in [1.807, 2.05) is 54.6 Å². The zero-order chi connectivity index (χ0) is 31.1. The molecule has 0 spiro atoms. The molecule has 0 unspecified atom stereocenters. The molecule has 3 heteroatoms. The van der Waals surface area contributed by atoms with Gasteiger partial charge in [-0.25, -0.2) is 0 Å². The van der Waals surface area contributed by atoms with Crippen molar-refractivity contribution in [1.82, 2.24) is 9.97 Å². The van der Waals surface area contributed by atoms with Crippen molar-refractivity contribution in [3.8, 4) is 33.6 Å². The molecule has 0 saturated carbocycles. The second-order valence-corrected chi connectivity index (χ2v) is 13.4. The van der Waals surface area contributed by atoms with Crippen molar-refractivity contribution in [2.24, 2.45) is 5.41 Å². The maximum absolute atomic E-state index is 5.29. The molecule has 7 rings (SSSR count). The Balaban J connectivity index is 0.000000258. The molecule has 4 aromatic carbocycles. The van der Waals surface area contributed by atoms with Crippen molar-refractivity contribution in [2.75, 3.05) is 0 Å². The Kier molecular flexibility index (Phi) is 9.00. The summed E-state index contributed by atoms with van der Waals surface area (Å²) in [6.45, 7) is 16.8. The van der Waals surface area contributed by atoms with Crippen LogP contribution in [0.4, 0.5) is 0 Å². The fourth-order valence-corrected chi connectivity index (χ4v) is 6.87. The predicted octanol–water partition coefficient (Wildman–Crippen LogP) is 10.8. The van der Waals surface area contributed by atoms with Crippen LogP contribution < -0.4 is 0 Å². The summed E-state index contributed by atoms with van der Waals surface area (Å²) in [6.07, 6.45) is 1.79. The molecule has 2 nitrogen and oxygen atoms in total. The summed E-state index contributed by atoms with van der Waals surface area (Å²) in [5.41, 5.74) is 12.0. The van der Waals surface area contributed by atoms with Gasteiger partial charge in [-0.3, -0.25) is 4.98 Å². The predicted molar refractivity (Wildman–Crippen MR) is 185 cm³/mol. The minimum absolute atomic E-state index is 0. The summed E-state index contributed by atoms with van der Waals surface area (Å²) >= 11 is 0. The molecule has 6 aromatic rings. The van der Waals surface area contributed by atoms with E-state index in [-0.39, 0.29) is 36.4 Å². The molecule has 229 valence electrons. The quantitative estimate of drug-likeness (QED) is 0.168. The van der Waals surface area contributed by atoms with Crippen LogP contribution in [0.15, 0.2) is 115 Å². The van der Waals surface area contributed by atoms with Crippen molar-refractivity contribution < 1.29 is 20.1 Å². The van der Waals surface area contributed by atoms with E-state index >= 15 is 0 Å². The molecule has 0 saturated heterocycles. The van der Waals surface area contributed by atoms with E-state index in [0.717, 1.165) is 33.6 Å². The van der Waals surface area contributed by atoms with Gasteiger partial charge < -0.3 is 4.98 Å². The Bertz CT molecular complexity index is 1870. The summed E-state index contributed by atoms with van der Waals surface area (Å²) in [5.74, 6) is 0. The number of nitrogens with zero attached hydrogens (tertiary/aromatic N) is 2. The molecule has 1 radical (unpaired) electrons. The average Bonchev–Trinajstić information content (AvgIpc) is 3.16. The fraction of sp³-hybridized carbons (Fsp3) is 0.238. The van der Waals surface area contributed by atoms with Gasteiger partial charge in [0.2, 0.25) is 0 Å². The van der Waals surface area contributed by atoms with E-state index in [4.69, 9.17) is 4.98 Å². The van der Waals surface area contributed by atoms with Crippen LogP contribution in [0.25, 0.3) is 44.5 Å². The Morgan fingerprint density at radius 3 is 1.87 bits per heavy atom. The monoisotopic (exact) mass is 765 g/mol. The molecule has 2 aromatic heterocycles. The van der Waals surface area contributed by atoms with Gasteiger partial charge in [0, 0.05) is 31.7 Å². The topological polar surface area (TPSA) is 25.8 Å². The smallest absolute Gasteiger partial charge is 0.0601 e. The van der Waals surface area contributed by atoms with Crippen molar-refractivity contribution in [2.45, 2.75) is 59.3 Å². The van der Waals surface area contributed by atoms with Crippen LogP contribution in [-0.4, -0.2) is 9.97 Å². The van der Waals surface area contributed by atoms with Crippen LogP contribution in [0.2, 0.25) is 0 Å². The number of benzene rings is 4. The van der Waals surface area contributed by atoms with Crippen LogP contribution in [0.1, 0.15) is 58.2 Å². The SMILES string of the molecule is Cc1c2c(cc3nc(-c4[c-]cccc4)c(-c4ccccc4)cc13)C(C)(C)C(C)(C)C2(C)C.[Ir].[c-]1ccccc1-c1ccccn1. The van der Waals surface area contributed by atoms with Crippen LogP contribution in [0, 0.1) is 24.5 Å². The number of pyridine rings is 2. The zero-order valence-corrected chi connectivity index (χ0v) is 29.6. The molecule has 1 aliphatic rings. The molecular formula is C42H40IrN2-2.